The summed E-state index contributed by atoms with van der Waals surface area (Å²) in [4.78, 5) is 2.35. The van der Waals surface area contributed by atoms with Gasteiger partial charge in [-0.3, -0.25) is 0 Å². The van der Waals surface area contributed by atoms with Crippen LogP contribution in [0.15, 0.2) is 24.3 Å². The van der Waals surface area contributed by atoms with Gasteiger partial charge in [0.05, 0.1) is 37.1 Å². The molecule has 1 atom stereocenters. The first-order valence-electron chi connectivity index (χ1n) is 8.63. The molecule has 0 aliphatic carbocycles. The lowest BCUT2D eigenvalue weighted by Gasteiger charge is -2.37. The van der Waals surface area contributed by atoms with Gasteiger partial charge in [0.2, 0.25) is 0 Å². The van der Waals surface area contributed by atoms with E-state index in [1.165, 1.54) is 5.69 Å². The first-order valence-corrected chi connectivity index (χ1v) is 8.63. The van der Waals surface area contributed by atoms with Crippen molar-refractivity contribution in [3.05, 3.63) is 24.3 Å². The molecule has 6 heteroatoms. The van der Waals surface area contributed by atoms with E-state index in [1.54, 1.807) is 7.11 Å². The third kappa shape index (κ3) is 3.33. The van der Waals surface area contributed by atoms with E-state index in [1.807, 2.05) is 0 Å². The average molecular weight is 333 g/mol. The maximum Gasteiger partial charge on any atom is 0.494 e. The summed E-state index contributed by atoms with van der Waals surface area (Å²) < 4.78 is 23.1. The molecule has 0 saturated carbocycles. The summed E-state index contributed by atoms with van der Waals surface area (Å²) in [6.45, 7) is 11.3. The summed E-state index contributed by atoms with van der Waals surface area (Å²) in [6.07, 6.45) is 0. The minimum Gasteiger partial charge on any atom is -0.399 e. The van der Waals surface area contributed by atoms with Crippen LogP contribution in [0.4, 0.5) is 5.69 Å². The lowest BCUT2D eigenvalue weighted by atomic mass is 9.79. The predicted molar refractivity (Wildman–Crippen MR) is 96.0 cm³/mol. The Kier molecular flexibility index (Phi) is 4.93. The lowest BCUT2D eigenvalue weighted by Crippen LogP contribution is -2.48. The van der Waals surface area contributed by atoms with E-state index in [9.17, 15) is 0 Å². The third-order valence-corrected chi connectivity index (χ3v) is 5.34. The molecule has 0 N–H and O–H groups in total. The van der Waals surface area contributed by atoms with E-state index in [-0.39, 0.29) is 24.4 Å². The normalized spacial score (nSPS) is 26.0. The molecule has 2 fully saturated rings. The SMILES string of the molecule is COC[C@H]1COCCN1c1ccc(B2OC(C)(C)C(C)(C)O2)cc1. The van der Waals surface area contributed by atoms with Crippen molar-refractivity contribution >= 4 is 18.3 Å². The first kappa shape index (κ1) is 17.7. The predicted octanol–water partition coefficient (Wildman–Crippen LogP) is 1.84. The maximum absolute atomic E-state index is 6.12. The van der Waals surface area contributed by atoms with Crippen LogP contribution < -0.4 is 10.4 Å². The molecule has 2 saturated heterocycles. The molecule has 0 aromatic heterocycles. The number of ether oxygens (including phenoxy) is 2. The molecule has 0 spiro atoms. The first-order chi connectivity index (χ1) is 11.3. The second-order valence-electron chi connectivity index (χ2n) is 7.56. The summed E-state index contributed by atoms with van der Waals surface area (Å²) in [7, 11) is 1.41. The van der Waals surface area contributed by atoms with Crippen LogP contribution in [0, 0.1) is 0 Å². The lowest BCUT2D eigenvalue weighted by molar-refractivity contribution is 0.00578. The molecule has 3 rings (SSSR count). The van der Waals surface area contributed by atoms with Gasteiger partial charge in [-0.25, -0.2) is 0 Å². The number of morpholine rings is 1. The number of hydrogen-bond acceptors (Lipinski definition) is 5. The molecule has 2 aliphatic heterocycles. The van der Waals surface area contributed by atoms with Gasteiger partial charge in [0.25, 0.3) is 0 Å². The fourth-order valence-corrected chi connectivity index (χ4v) is 3.13. The van der Waals surface area contributed by atoms with Crippen LogP contribution in [0.1, 0.15) is 27.7 Å². The summed E-state index contributed by atoms with van der Waals surface area (Å²) in [6, 6.07) is 8.71. The Labute approximate surface area is 145 Å². The van der Waals surface area contributed by atoms with Crippen LogP contribution in [-0.4, -0.2) is 57.8 Å². The summed E-state index contributed by atoms with van der Waals surface area (Å²) in [5, 5.41) is 0. The molecular formula is C18H28BNO4. The topological polar surface area (TPSA) is 40.2 Å². The van der Waals surface area contributed by atoms with Crippen LogP contribution >= 0.6 is 0 Å². The van der Waals surface area contributed by atoms with Gasteiger partial charge in [0.15, 0.2) is 0 Å². The van der Waals surface area contributed by atoms with Gasteiger partial charge >= 0.3 is 7.12 Å². The Morgan fingerprint density at radius 2 is 1.75 bits per heavy atom. The minimum absolute atomic E-state index is 0.256. The number of methoxy groups -OCH3 is 1. The second-order valence-corrected chi connectivity index (χ2v) is 7.56. The largest absolute Gasteiger partial charge is 0.494 e. The van der Waals surface area contributed by atoms with Gasteiger partial charge in [-0.15, -0.1) is 0 Å². The standard InChI is InChI=1S/C18H28BNO4/c1-17(2)18(3,4)24-19(23-17)14-6-8-15(9-7-14)20-10-11-22-13-16(20)12-21-5/h6-9,16H,10-13H2,1-5H3/t16-/m0/s1. The van der Waals surface area contributed by atoms with E-state index in [0.717, 1.165) is 18.6 Å². The van der Waals surface area contributed by atoms with Crippen molar-refractivity contribution in [2.45, 2.75) is 44.9 Å². The molecular weight excluding hydrogens is 305 g/mol. The molecule has 24 heavy (non-hydrogen) atoms. The van der Waals surface area contributed by atoms with E-state index < -0.39 is 0 Å². The van der Waals surface area contributed by atoms with Crippen molar-refractivity contribution in [3.8, 4) is 0 Å². The maximum atomic E-state index is 6.12. The van der Waals surface area contributed by atoms with Gasteiger partial charge in [0.1, 0.15) is 0 Å². The Morgan fingerprint density at radius 1 is 1.12 bits per heavy atom. The van der Waals surface area contributed by atoms with Crippen LogP contribution in [0.25, 0.3) is 0 Å². The summed E-state index contributed by atoms with van der Waals surface area (Å²) in [5.41, 5.74) is 1.60. The molecule has 1 aromatic rings. The molecule has 0 radical (unpaired) electrons. The van der Waals surface area contributed by atoms with E-state index >= 15 is 0 Å². The van der Waals surface area contributed by atoms with E-state index in [4.69, 9.17) is 18.8 Å². The van der Waals surface area contributed by atoms with Crippen LogP contribution in [0.2, 0.25) is 0 Å². The smallest absolute Gasteiger partial charge is 0.399 e. The molecule has 2 heterocycles. The fourth-order valence-electron chi connectivity index (χ4n) is 3.13. The van der Waals surface area contributed by atoms with Crippen LogP contribution in [0.3, 0.4) is 0 Å². The van der Waals surface area contributed by atoms with Crippen molar-refractivity contribution in [2.75, 3.05) is 38.4 Å². The van der Waals surface area contributed by atoms with Gasteiger partial charge in [-0.2, -0.15) is 0 Å². The van der Waals surface area contributed by atoms with Gasteiger partial charge in [-0.1, -0.05) is 12.1 Å². The highest BCUT2D eigenvalue weighted by atomic mass is 16.7. The number of nitrogens with zero attached hydrogens (tertiary/aromatic N) is 1. The van der Waals surface area contributed by atoms with Gasteiger partial charge < -0.3 is 23.7 Å². The third-order valence-electron chi connectivity index (χ3n) is 5.34. The van der Waals surface area contributed by atoms with Gasteiger partial charge in [0, 0.05) is 19.3 Å². The van der Waals surface area contributed by atoms with Crippen LogP contribution in [-0.2, 0) is 18.8 Å². The highest BCUT2D eigenvalue weighted by molar-refractivity contribution is 6.62. The van der Waals surface area contributed by atoms with Crippen molar-refractivity contribution in [2.24, 2.45) is 0 Å². The molecule has 2 aliphatic rings. The summed E-state index contributed by atoms with van der Waals surface area (Å²) in [5.74, 6) is 0. The number of anilines is 1. The zero-order valence-corrected chi connectivity index (χ0v) is 15.4. The van der Waals surface area contributed by atoms with Crippen molar-refractivity contribution in [1.82, 2.24) is 0 Å². The number of rotatable bonds is 4. The average Bonchev–Trinajstić information content (AvgIpc) is 2.77. The quantitative estimate of drug-likeness (QED) is 0.787. The van der Waals surface area contributed by atoms with Gasteiger partial charge in [-0.05, 0) is 45.3 Å². The Bertz CT molecular complexity index is 543. The molecule has 5 nitrogen and oxygen atoms in total. The zero-order valence-electron chi connectivity index (χ0n) is 15.4. The molecule has 1 aromatic carbocycles. The molecule has 132 valence electrons. The van der Waals surface area contributed by atoms with E-state index in [0.29, 0.717) is 13.2 Å². The van der Waals surface area contributed by atoms with E-state index in [2.05, 4.69) is 56.9 Å². The Morgan fingerprint density at radius 3 is 2.33 bits per heavy atom. The minimum atomic E-state index is -0.316. The fraction of sp³-hybridized carbons (Fsp3) is 0.667. The second kappa shape index (κ2) is 6.67. The molecule has 0 unspecified atom stereocenters. The van der Waals surface area contributed by atoms with Crippen molar-refractivity contribution in [1.29, 1.82) is 0 Å². The Hall–Kier alpha value is -1.08. The molecule has 0 amide bonds. The highest BCUT2D eigenvalue weighted by Gasteiger charge is 2.51. The zero-order chi connectivity index (χ0) is 17.4. The summed E-state index contributed by atoms with van der Waals surface area (Å²) >= 11 is 0. The monoisotopic (exact) mass is 333 g/mol. The molecule has 0 bridgehead atoms. The van der Waals surface area contributed by atoms with Crippen molar-refractivity contribution < 1.29 is 18.8 Å². The van der Waals surface area contributed by atoms with Crippen LogP contribution in [0.5, 0.6) is 0 Å². The Balaban J connectivity index is 1.74. The van der Waals surface area contributed by atoms with Crippen molar-refractivity contribution in [3.63, 3.8) is 0 Å². The number of hydrogen-bond donors (Lipinski definition) is 0. The number of benzene rings is 1. The highest BCUT2D eigenvalue weighted by Crippen LogP contribution is 2.36.